The SMILES string of the molecule is O=C(Nc1ccccc1)c1cccc(-[n+]2ccc(-c3cc[n+](-c4cccc(Oc5cccc(Oc6cccc(-[n+]7ccc(-c8cc[n+](-c9cccc(C(=O)Nc%10ccccc%10)c9)cc8)cc7)c6)c5)c4)cc3)cc2)c1. The first-order valence-corrected chi connectivity index (χ1v) is 24.1. The molecular formula is C64H48N6O4+4. The Labute approximate surface area is 428 Å². The van der Waals surface area contributed by atoms with E-state index in [9.17, 15) is 9.59 Å². The van der Waals surface area contributed by atoms with Crippen molar-refractivity contribution in [2.75, 3.05) is 10.6 Å². The number of ether oxygens (including phenoxy) is 2. The molecule has 10 heteroatoms. The fourth-order valence-corrected chi connectivity index (χ4v) is 8.52. The normalized spacial score (nSPS) is 10.8. The summed E-state index contributed by atoms with van der Waals surface area (Å²) in [5.41, 5.74) is 10.6. The van der Waals surface area contributed by atoms with Gasteiger partial charge in [0.05, 0.1) is 12.1 Å². The molecule has 0 fully saturated rings. The van der Waals surface area contributed by atoms with Crippen molar-refractivity contribution < 1.29 is 37.3 Å². The molecule has 0 bridgehead atoms. The molecule has 0 aliphatic carbocycles. The minimum absolute atomic E-state index is 0.157. The van der Waals surface area contributed by atoms with Crippen molar-refractivity contribution in [3.63, 3.8) is 0 Å². The van der Waals surface area contributed by atoms with Gasteiger partial charge in [0.1, 0.15) is 23.0 Å². The van der Waals surface area contributed by atoms with Gasteiger partial charge in [-0.15, -0.1) is 0 Å². The van der Waals surface area contributed by atoms with Crippen LogP contribution in [0.5, 0.6) is 23.0 Å². The average Bonchev–Trinajstić information content (AvgIpc) is 3.46. The van der Waals surface area contributed by atoms with Crippen LogP contribution in [0, 0.1) is 0 Å². The van der Waals surface area contributed by atoms with Gasteiger partial charge in [-0.1, -0.05) is 66.7 Å². The van der Waals surface area contributed by atoms with Gasteiger partial charge >= 0.3 is 0 Å². The highest BCUT2D eigenvalue weighted by molar-refractivity contribution is 6.05. The van der Waals surface area contributed by atoms with Gasteiger partial charge in [-0.25, -0.2) is 0 Å². The number of hydrogen-bond acceptors (Lipinski definition) is 4. The zero-order valence-electron chi connectivity index (χ0n) is 40.0. The highest BCUT2D eigenvalue weighted by atomic mass is 16.5. The zero-order valence-corrected chi connectivity index (χ0v) is 40.0. The molecule has 7 aromatic carbocycles. The van der Waals surface area contributed by atoms with Gasteiger partial charge in [-0.05, 0) is 82.9 Å². The monoisotopic (exact) mass is 964 g/mol. The molecule has 354 valence electrons. The van der Waals surface area contributed by atoms with Crippen molar-refractivity contribution in [3.05, 3.63) is 291 Å². The first kappa shape index (κ1) is 46.1. The number of carbonyl (C=O) groups is 2. The molecule has 11 aromatic rings. The van der Waals surface area contributed by atoms with Crippen LogP contribution in [0.3, 0.4) is 0 Å². The zero-order chi connectivity index (χ0) is 50.1. The highest BCUT2D eigenvalue weighted by Crippen LogP contribution is 2.30. The van der Waals surface area contributed by atoms with Crippen molar-refractivity contribution in [1.82, 2.24) is 0 Å². The maximum Gasteiger partial charge on any atom is 0.255 e. The number of pyridine rings is 4. The number of rotatable bonds is 14. The summed E-state index contributed by atoms with van der Waals surface area (Å²) in [7, 11) is 0. The summed E-state index contributed by atoms with van der Waals surface area (Å²) in [6, 6.07) is 74.2. The maximum absolute atomic E-state index is 12.9. The summed E-state index contributed by atoms with van der Waals surface area (Å²) in [4.78, 5) is 25.9. The summed E-state index contributed by atoms with van der Waals surface area (Å²) in [5.74, 6) is 2.37. The van der Waals surface area contributed by atoms with Crippen LogP contribution in [0.1, 0.15) is 20.7 Å². The van der Waals surface area contributed by atoms with Gasteiger partial charge in [-0.3, -0.25) is 9.59 Å². The molecule has 0 aliphatic heterocycles. The smallest absolute Gasteiger partial charge is 0.255 e. The van der Waals surface area contributed by atoms with Crippen LogP contribution in [0.4, 0.5) is 11.4 Å². The number of carbonyl (C=O) groups excluding carboxylic acids is 2. The Morgan fingerprint density at radius 2 is 0.568 bits per heavy atom. The third-order valence-electron chi connectivity index (χ3n) is 12.4. The lowest BCUT2D eigenvalue weighted by atomic mass is 10.1. The minimum atomic E-state index is -0.157. The second kappa shape index (κ2) is 21.4. The lowest BCUT2D eigenvalue weighted by Gasteiger charge is -2.10. The molecule has 74 heavy (non-hydrogen) atoms. The van der Waals surface area contributed by atoms with Crippen LogP contribution in [-0.4, -0.2) is 11.8 Å². The molecule has 0 spiro atoms. The number of benzene rings is 7. The van der Waals surface area contributed by atoms with E-state index in [0.717, 1.165) is 56.4 Å². The molecule has 2 amide bonds. The third kappa shape index (κ3) is 11.0. The molecule has 4 heterocycles. The largest absolute Gasteiger partial charge is 0.457 e. The molecule has 10 nitrogen and oxygen atoms in total. The molecule has 0 radical (unpaired) electrons. The molecule has 11 rings (SSSR count). The number of anilines is 2. The van der Waals surface area contributed by atoms with Gasteiger partial charge < -0.3 is 20.1 Å². The number of hydrogen-bond donors (Lipinski definition) is 2. The van der Waals surface area contributed by atoms with Gasteiger partial charge in [-0.2, -0.15) is 18.3 Å². The Kier molecular flexibility index (Phi) is 13.3. The van der Waals surface area contributed by atoms with E-state index in [-0.39, 0.29) is 11.8 Å². The minimum Gasteiger partial charge on any atom is -0.457 e. The number of amides is 2. The van der Waals surface area contributed by atoms with Gasteiger partial charge in [0.25, 0.3) is 11.8 Å². The van der Waals surface area contributed by atoms with E-state index >= 15 is 0 Å². The van der Waals surface area contributed by atoms with Crippen LogP contribution >= 0.6 is 0 Å². The molecule has 0 aliphatic rings. The number of nitrogens with one attached hydrogen (secondary N) is 2. The van der Waals surface area contributed by atoms with E-state index in [1.807, 2.05) is 241 Å². The van der Waals surface area contributed by atoms with E-state index < -0.39 is 0 Å². The topological polar surface area (TPSA) is 92.2 Å². The van der Waals surface area contributed by atoms with E-state index in [0.29, 0.717) is 34.1 Å². The maximum atomic E-state index is 12.9. The summed E-state index contributed by atoms with van der Waals surface area (Å²) in [6.07, 6.45) is 16.2. The van der Waals surface area contributed by atoms with Crippen molar-refractivity contribution in [1.29, 1.82) is 0 Å². The molecule has 0 saturated heterocycles. The molecule has 0 atom stereocenters. The van der Waals surface area contributed by atoms with Gasteiger partial charge in [0, 0.05) is 113 Å². The van der Waals surface area contributed by atoms with Crippen LogP contribution in [0.25, 0.3) is 45.0 Å². The number of para-hydroxylation sites is 2. The van der Waals surface area contributed by atoms with Crippen molar-refractivity contribution in [3.8, 4) is 68.0 Å². The summed E-state index contributed by atoms with van der Waals surface area (Å²) >= 11 is 0. The second-order valence-electron chi connectivity index (χ2n) is 17.4. The Morgan fingerprint density at radius 1 is 0.284 bits per heavy atom. The molecule has 4 aromatic heterocycles. The van der Waals surface area contributed by atoms with Gasteiger partial charge in [0.2, 0.25) is 22.7 Å². The van der Waals surface area contributed by atoms with Crippen LogP contribution in [-0.2, 0) is 0 Å². The van der Waals surface area contributed by atoms with E-state index in [1.54, 1.807) is 0 Å². The first-order chi connectivity index (χ1) is 36.4. The average molecular weight is 965 g/mol. The lowest BCUT2D eigenvalue weighted by molar-refractivity contribution is -0.596. The quantitative estimate of drug-likeness (QED) is 0.106. The lowest BCUT2D eigenvalue weighted by Crippen LogP contribution is -2.30. The molecular weight excluding hydrogens is 917 g/mol. The Balaban J connectivity index is 0.701. The molecule has 2 N–H and O–H groups in total. The number of aromatic nitrogens is 4. The van der Waals surface area contributed by atoms with Crippen LogP contribution < -0.4 is 38.4 Å². The Bertz CT molecular complexity index is 3500. The predicted molar refractivity (Wildman–Crippen MR) is 285 cm³/mol. The summed E-state index contributed by atoms with van der Waals surface area (Å²) in [6.45, 7) is 0. The van der Waals surface area contributed by atoms with Crippen LogP contribution in [0.2, 0.25) is 0 Å². The van der Waals surface area contributed by atoms with E-state index in [1.165, 1.54) is 0 Å². The fourth-order valence-electron chi connectivity index (χ4n) is 8.52. The molecule has 0 saturated carbocycles. The standard InChI is InChI=1S/C64H46N6O4/c71-63(65-53-14-3-1-4-15-53)51-12-7-18-55(42-51)67-34-26-47(27-35-67)49-30-38-69(39-31-49)57-20-9-22-59(44-57)73-61-24-11-25-62(46-61)74-60-23-10-21-58(45-60)70-40-32-50(33-41-70)48-28-36-68(37-29-48)56-19-8-13-52(43-56)64(72)66-54-16-5-2-6-17-54/h1-46H/q+2/p+2. The van der Waals surface area contributed by atoms with Crippen LogP contribution in [0.15, 0.2) is 280 Å². The Hall–Kier alpha value is -10.3. The number of nitrogens with zero attached hydrogens (tertiary/aromatic N) is 4. The molecule has 0 unspecified atom stereocenters. The second-order valence-corrected chi connectivity index (χ2v) is 17.4. The highest BCUT2D eigenvalue weighted by Gasteiger charge is 2.17. The van der Waals surface area contributed by atoms with Crippen molar-refractivity contribution >= 4 is 23.2 Å². The fraction of sp³-hybridized carbons (Fsp3) is 0. The Morgan fingerprint density at radius 3 is 0.905 bits per heavy atom. The van der Waals surface area contributed by atoms with E-state index in [2.05, 4.69) is 68.3 Å². The van der Waals surface area contributed by atoms with Crippen molar-refractivity contribution in [2.45, 2.75) is 0 Å². The van der Waals surface area contributed by atoms with Crippen molar-refractivity contribution in [2.24, 2.45) is 0 Å². The first-order valence-electron chi connectivity index (χ1n) is 24.1. The van der Waals surface area contributed by atoms with Gasteiger partial charge in [0.15, 0.2) is 49.6 Å². The predicted octanol–water partition coefficient (Wildman–Crippen LogP) is 12.2. The summed E-state index contributed by atoms with van der Waals surface area (Å²) in [5, 5.41) is 5.91. The summed E-state index contributed by atoms with van der Waals surface area (Å²) < 4.78 is 20.8. The van der Waals surface area contributed by atoms with E-state index in [4.69, 9.17) is 9.47 Å². The third-order valence-corrected chi connectivity index (χ3v) is 12.4.